The monoisotopic (exact) mass is 296 g/mol. The maximum Gasteiger partial charge on any atom is 0.0710 e. The maximum atomic E-state index is 6.43. The minimum absolute atomic E-state index is 0.637. The quantitative estimate of drug-likeness (QED) is 0.527. The Morgan fingerprint density at radius 2 is 1.86 bits per heavy atom. The number of aromatic nitrogens is 3. The van der Waals surface area contributed by atoms with Gasteiger partial charge in [0.15, 0.2) is 0 Å². The summed E-state index contributed by atoms with van der Waals surface area (Å²) in [5.74, 6) is 0. The van der Waals surface area contributed by atoms with Crippen LogP contribution in [0.15, 0.2) is 48.7 Å². The molecule has 0 aliphatic heterocycles. The van der Waals surface area contributed by atoms with Gasteiger partial charge in [-0.25, -0.2) is 0 Å². The van der Waals surface area contributed by atoms with E-state index >= 15 is 0 Å². The summed E-state index contributed by atoms with van der Waals surface area (Å²) in [6, 6.07) is 14.1. The average Bonchev–Trinajstić information content (AvgIpc) is 3.11. The van der Waals surface area contributed by atoms with Crippen molar-refractivity contribution < 1.29 is 0 Å². The van der Waals surface area contributed by atoms with E-state index in [9.17, 15) is 0 Å². The number of anilines is 1. The number of H-pyrrole nitrogens is 2. The zero-order valence-electron chi connectivity index (χ0n) is 11.2. The summed E-state index contributed by atoms with van der Waals surface area (Å²) in [4.78, 5) is 3.36. The molecule has 0 radical (unpaired) electrons. The number of benzene rings is 2. The Labute approximate surface area is 126 Å². The van der Waals surface area contributed by atoms with Gasteiger partial charge in [0.1, 0.15) is 0 Å². The third-order valence-electron chi connectivity index (χ3n) is 3.65. The van der Waals surface area contributed by atoms with Crippen molar-refractivity contribution in [2.75, 3.05) is 5.32 Å². The Morgan fingerprint density at radius 3 is 2.76 bits per heavy atom. The van der Waals surface area contributed by atoms with Gasteiger partial charge in [0, 0.05) is 22.0 Å². The summed E-state index contributed by atoms with van der Waals surface area (Å²) >= 11 is 6.43. The summed E-state index contributed by atoms with van der Waals surface area (Å²) in [5, 5.41) is 13.4. The fourth-order valence-electron chi connectivity index (χ4n) is 2.59. The van der Waals surface area contributed by atoms with Gasteiger partial charge in [0.2, 0.25) is 0 Å². The minimum Gasteiger partial charge on any atom is -0.379 e. The van der Waals surface area contributed by atoms with Gasteiger partial charge in [-0.3, -0.25) is 5.10 Å². The van der Waals surface area contributed by atoms with Gasteiger partial charge in [-0.15, -0.1) is 0 Å². The fourth-order valence-corrected chi connectivity index (χ4v) is 2.87. The van der Waals surface area contributed by atoms with E-state index in [1.54, 1.807) is 0 Å². The van der Waals surface area contributed by atoms with Gasteiger partial charge in [-0.05, 0) is 18.2 Å². The Kier molecular flexibility index (Phi) is 2.82. The number of nitrogens with one attached hydrogen (secondary N) is 3. The van der Waals surface area contributed by atoms with Crippen LogP contribution in [0, 0.1) is 0 Å². The molecule has 4 rings (SSSR count). The molecule has 4 nitrogen and oxygen atoms in total. The molecule has 5 heteroatoms. The van der Waals surface area contributed by atoms with Crippen molar-refractivity contribution in [3.05, 3.63) is 59.4 Å². The third kappa shape index (κ3) is 2.04. The van der Waals surface area contributed by atoms with Crippen molar-refractivity contribution in [2.45, 2.75) is 6.54 Å². The Bertz CT molecular complexity index is 922. The van der Waals surface area contributed by atoms with E-state index in [4.69, 9.17) is 11.6 Å². The predicted octanol–water partition coefficient (Wildman–Crippen LogP) is 4.31. The topological polar surface area (TPSA) is 56.5 Å². The van der Waals surface area contributed by atoms with Crippen molar-refractivity contribution in [3.8, 4) is 0 Å². The molecule has 0 atom stereocenters. The van der Waals surface area contributed by atoms with E-state index in [-0.39, 0.29) is 0 Å². The van der Waals surface area contributed by atoms with Crippen LogP contribution in [0.5, 0.6) is 0 Å². The fraction of sp³-hybridized carbons (Fsp3) is 0.0625. The third-order valence-corrected chi connectivity index (χ3v) is 4.09. The van der Waals surface area contributed by atoms with Gasteiger partial charge in [-0.2, -0.15) is 5.10 Å². The number of halogens is 1. The molecule has 0 aliphatic carbocycles. The zero-order chi connectivity index (χ0) is 14.2. The van der Waals surface area contributed by atoms with E-state index in [0.717, 1.165) is 38.2 Å². The number of nitrogens with zero attached hydrogens (tertiary/aromatic N) is 1. The van der Waals surface area contributed by atoms with Gasteiger partial charge in [-0.1, -0.05) is 35.9 Å². The molecular formula is C16H13ClN4. The lowest BCUT2D eigenvalue weighted by Crippen LogP contribution is -2.00. The van der Waals surface area contributed by atoms with Crippen LogP contribution in [0.1, 0.15) is 5.69 Å². The number of para-hydroxylation sites is 1. The van der Waals surface area contributed by atoms with Gasteiger partial charge < -0.3 is 10.3 Å². The van der Waals surface area contributed by atoms with Crippen LogP contribution in [0.4, 0.5) is 5.69 Å². The highest BCUT2D eigenvalue weighted by atomic mass is 35.5. The number of hydrogen-bond acceptors (Lipinski definition) is 2. The van der Waals surface area contributed by atoms with Crippen LogP contribution in [0.25, 0.3) is 21.8 Å². The van der Waals surface area contributed by atoms with E-state index in [1.807, 2.05) is 48.7 Å². The second kappa shape index (κ2) is 4.82. The number of aromatic amines is 2. The molecule has 21 heavy (non-hydrogen) atoms. The summed E-state index contributed by atoms with van der Waals surface area (Å²) in [6.07, 6.45) is 1.82. The van der Waals surface area contributed by atoms with E-state index in [0.29, 0.717) is 6.54 Å². The molecule has 104 valence electrons. The highest BCUT2D eigenvalue weighted by Crippen LogP contribution is 2.28. The normalized spacial score (nSPS) is 11.3. The first-order chi connectivity index (χ1) is 10.3. The number of rotatable bonds is 3. The van der Waals surface area contributed by atoms with Crippen LogP contribution < -0.4 is 5.32 Å². The molecule has 0 unspecified atom stereocenters. The summed E-state index contributed by atoms with van der Waals surface area (Å²) in [5.41, 5.74) is 4.10. The van der Waals surface area contributed by atoms with Crippen molar-refractivity contribution in [3.63, 3.8) is 0 Å². The zero-order valence-corrected chi connectivity index (χ0v) is 11.9. The van der Waals surface area contributed by atoms with Crippen LogP contribution in [0.3, 0.4) is 0 Å². The van der Waals surface area contributed by atoms with Crippen molar-refractivity contribution >= 4 is 39.1 Å². The van der Waals surface area contributed by atoms with E-state index < -0.39 is 0 Å². The summed E-state index contributed by atoms with van der Waals surface area (Å²) in [6.45, 7) is 0.637. The molecule has 0 aliphatic rings. The lowest BCUT2D eigenvalue weighted by molar-refractivity contribution is 1.09. The van der Waals surface area contributed by atoms with Gasteiger partial charge in [0.25, 0.3) is 0 Å². The smallest absolute Gasteiger partial charge is 0.0710 e. The molecule has 0 bridgehead atoms. The molecule has 4 aromatic rings. The molecule has 2 heterocycles. The molecule has 0 fully saturated rings. The number of hydrogen-bond donors (Lipinski definition) is 3. The second-order valence-electron chi connectivity index (χ2n) is 4.95. The van der Waals surface area contributed by atoms with Gasteiger partial charge >= 0.3 is 0 Å². The Morgan fingerprint density at radius 1 is 1.00 bits per heavy atom. The van der Waals surface area contributed by atoms with Gasteiger partial charge in [0.05, 0.1) is 29.0 Å². The standard InChI is InChI=1S/C16H13ClN4/c17-16-10-4-1-2-5-13(10)20-15(16)9-18-12-6-3-7-14-11(12)8-19-21-14/h1-8,18,20H,9H2,(H,19,21). The SMILES string of the molecule is Clc1c(CNc2cccc3[nH]ncc23)[nH]c2ccccc12. The predicted molar refractivity (Wildman–Crippen MR) is 86.7 cm³/mol. The molecule has 2 aromatic heterocycles. The highest BCUT2D eigenvalue weighted by Gasteiger charge is 2.09. The molecule has 0 spiro atoms. The van der Waals surface area contributed by atoms with E-state index in [2.05, 4.69) is 20.5 Å². The highest BCUT2D eigenvalue weighted by molar-refractivity contribution is 6.36. The van der Waals surface area contributed by atoms with Crippen LogP contribution in [-0.2, 0) is 6.54 Å². The maximum absolute atomic E-state index is 6.43. The lowest BCUT2D eigenvalue weighted by atomic mass is 10.2. The molecule has 0 saturated heterocycles. The summed E-state index contributed by atoms with van der Waals surface area (Å²) in [7, 11) is 0. The van der Waals surface area contributed by atoms with Crippen LogP contribution in [0.2, 0.25) is 5.02 Å². The Hall–Kier alpha value is -2.46. The number of fused-ring (bicyclic) bond motifs is 2. The molecule has 0 saturated carbocycles. The largest absolute Gasteiger partial charge is 0.379 e. The second-order valence-corrected chi connectivity index (χ2v) is 5.33. The van der Waals surface area contributed by atoms with Crippen LogP contribution in [-0.4, -0.2) is 15.2 Å². The first kappa shape index (κ1) is 12.3. The van der Waals surface area contributed by atoms with Crippen molar-refractivity contribution in [1.82, 2.24) is 15.2 Å². The van der Waals surface area contributed by atoms with E-state index in [1.165, 1.54) is 0 Å². The first-order valence-corrected chi connectivity index (χ1v) is 7.12. The van der Waals surface area contributed by atoms with Crippen molar-refractivity contribution in [2.24, 2.45) is 0 Å². The molecular weight excluding hydrogens is 284 g/mol. The summed E-state index contributed by atoms with van der Waals surface area (Å²) < 4.78 is 0. The molecule has 3 N–H and O–H groups in total. The van der Waals surface area contributed by atoms with Crippen LogP contribution >= 0.6 is 11.6 Å². The Balaban J connectivity index is 1.66. The average molecular weight is 297 g/mol. The molecule has 0 amide bonds. The lowest BCUT2D eigenvalue weighted by Gasteiger charge is -2.06. The van der Waals surface area contributed by atoms with Crippen molar-refractivity contribution in [1.29, 1.82) is 0 Å². The molecule has 2 aromatic carbocycles. The minimum atomic E-state index is 0.637. The first-order valence-electron chi connectivity index (χ1n) is 6.74.